The first-order valence-corrected chi connectivity index (χ1v) is 3.86. The Morgan fingerprint density at radius 1 is 1.70 bits per heavy atom. The number of hydrogen-bond acceptors (Lipinski definition) is 2. The minimum absolute atomic E-state index is 0.0816. The topological polar surface area (TPSA) is 34.9 Å². The maximum atomic E-state index is 10.8. The summed E-state index contributed by atoms with van der Waals surface area (Å²) in [6, 6.07) is 3.06. The Bertz CT molecular complexity index is 285. The number of nitrogens with zero attached hydrogens (tertiary/aromatic N) is 2. The molecule has 0 fully saturated rings. The zero-order valence-electron chi connectivity index (χ0n) is 4.92. The van der Waals surface area contributed by atoms with E-state index in [1.165, 1.54) is 6.07 Å². The molecule has 0 aromatic carbocycles. The molecule has 54 valence electrons. The first-order chi connectivity index (χ1) is 4.74. The molecule has 0 bridgehead atoms. The molecule has 0 aliphatic heterocycles. The van der Waals surface area contributed by atoms with Gasteiger partial charge in [0, 0.05) is 6.07 Å². The summed E-state index contributed by atoms with van der Waals surface area (Å²) in [5, 5.41) is 3.78. The van der Waals surface area contributed by atoms with Crippen LogP contribution in [0.2, 0.25) is 0 Å². The van der Waals surface area contributed by atoms with Crippen LogP contribution in [0.3, 0.4) is 0 Å². The Labute approximate surface area is 70.7 Å². The molecular weight excluding hydrogens is 219 g/mol. The summed E-state index contributed by atoms with van der Waals surface area (Å²) in [4.78, 5) is 10.8. The lowest BCUT2D eigenvalue weighted by molar-refractivity contribution is 0.678. The molecule has 10 heavy (non-hydrogen) atoms. The molecule has 0 saturated carbocycles. The van der Waals surface area contributed by atoms with Gasteiger partial charge in [-0.2, -0.15) is 5.10 Å². The third-order valence-corrected chi connectivity index (χ3v) is 1.60. The van der Waals surface area contributed by atoms with Gasteiger partial charge in [0.05, 0.1) is 0 Å². The lowest BCUT2D eigenvalue weighted by Gasteiger charge is -1.96. The summed E-state index contributed by atoms with van der Waals surface area (Å²) < 4.78 is 1.76. The summed E-state index contributed by atoms with van der Waals surface area (Å²) in [6.45, 7) is 0. The van der Waals surface area contributed by atoms with Crippen LogP contribution in [0.1, 0.15) is 0 Å². The van der Waals surface area contributed by atoms with Gasteiger partial charge in [0.15, 0.2) is 0 Å². The second-order valence-electron chi connectivity index (χ2n) is 1.61. The predicted molar refractivity (Wildman–Crippen MR) is 42.1 cm³/mol. The van der Waals surface area contributed by atoms with E-state index in [-0.39, 0.29) is 11.6 Å². The summed E-state index contributed by atoms with van der Waals surface area (Å²) >= 11 is 8.49. The molecular formula is C5H4BrClN2O. The number of halogens is 2. The molecule has 0 aliphatic carbocycles. The van der Waals surface area contributed by atoms with Gasteiger partial charge in [-0.1, -0.05) is 0 Å². The minimum Gasteiger partial charge on any atom is -0.268 e. The van der Waals surface area contributed by atoms with Gasteiger partial charge in [-0.3, -0.25) is 4.79 Å². The highest BCUT2D eigenvalue weighted by Crippen LogP contribution is 1.99. The molecule has 0 spiro atoms. The van der Waals surface area contributed by atoms with E-state index < -0.39 is 0 Å². The average molecular weight is 223 g/mol. The van der Waals surface area contributed by atoms with E-state index in [1.54, 1.807) is 6.07 Å². The summed E-state index contributed by atoms with van der Waals surface area (Å²) in [6.07, 6.45) is 0. The molecule has 0 unspecified atom stereocenters. The highest BCUT2D eigenvalue weighted by atomic mass is 79.9. The Morgan fingerprint density at radius 2 is 2.40 bits per heavy atom. The van der Waals surface area contributed by atoms with Crippen LogP contribution in [0.5, 0.6) is 0 Å². The van der Waals surface area contributed by atoms with Gasteiger partial charge in [-0.25, -0.2) is 4.68 Å². The third kappa shape index (κ3) is 1.58. The smallest absolute Gasteiger partial charge is 0.267 e. The van der Waals surface area contributed by atoms with Crippen LogP contribution in [0, 0.1) is 0 Å². The van der Waals surface area contributed by atoms with Gasteiger partial charge < -0.3 is 0 Å². The van der Waals surface area contributed by atoms with Crippen molar-refractivity contribution in [2.45, 2.75) is 6.00 Å². The van der Waals surface area contributed by atoms with Gasteiger partial charge in [0.2, 0.25) is 0 Å². The number of hydrogen-bond donors (Lipinski definition) is 0. The van der Waals surface area contributed by atoms with Crippen LogP contribution in [0.15, 0.2) is 21.5 Å². The molecule has 5 heteroatoms. The van der Waals surface area contributed by atoms with E-state index in [4.69, 9.17) is 11.6 Å². The van der Waals surface area contributed by atoms with Crippen LogP contribution in [-0.2, 0) is 6.00 Å². The van der Waals surface area contributed by atoms with Gasteiger partial charge in [-0.05, 0) is 22.0 Å². The molecule has 0 aliphatic rings. The number of alkyl halides is 1. The number of rotatable bonds is 1. The molecule has 1 aromatic rings. The summed E-state index contributed by atoms with van der Waals surface area (Å²) in [5.74, 6) is 0. The largest absolute Gasteiger partial charge is 0.268 e. The molecule has 0 radical (unpaired) electrons. The standard InChI is InChI=1S/C5H4BrClN2O/c6-4-1-2-5(10)9(3-7)8-4/h1-2H,3H2. The van der Waals surface area contributed by atoms with Gasteiger partial charge in [-0.15, -0.1) is 11.6 Å². The van der Waals surface area contributed by atoms with Crippen molar-refractivity contribution in [1.29, 1.82) is 0 Å². The lowest BCUT2D eigenvalue weighted by Crippen LogP contribution is -2.19. The molecule has 1 aromatic heterocycles. The van der Waals surface area contributed by atoms with Crippen LogP contribution in [0.4, 0.5) is 0 Å². The fourth-order valence-electron chi connectivity index (χ4n) is 0.510. The van der Waals surface area contributed by atoms with Crippen LogP contribution in [-0.4, -0.2) is 9.78 Å². The van der Waals surface area contributed by atoms with Crippen molar-refractivity contribution in [3.05, 3.63) is 27.1 Å². The maximum Gasteiger partial charge on any atom is 0.267 e. The van der Waals surface area contributed by atoms with E-state index in [2.05, 4.69) is 21.0 Å². The van der Waals surface area contributed by atoms with E-state index in [0.29, 0.717) is 4.60 Å². The molecule has 0 amide bonds. The van der Waals surface area contributed by atoms with Crippen LogP contribution in [0.25, 0.3) is 0 Å². The SMILES string of the molecule is O=c1ccc(Br)nn1CCl. The second-order valence-corrected chi connectivity index (χ2v) is 2.66. The average Bonchev–Trinajstić information content (AvgIpc) is 1.94. The minimum atomic E-state index is -0.196. The van der Waals surface area contributed by atoms with Crippen LogP contribution < -0.4 is 5.56 Å². The van der Waals surface area contributed by atoms with Gasteiger partial charge in [0.25, 0.3) is 5.56 Å². The molecule has 0 saturated heterocycles. The van der Waals surface area contributed by atoms with Crippen molar-refractivity contribution < 1.29 is 0 Å². The molecule has 1 rings (SSSR count). The third-order valence-electron chi connectivity index (χ3n) is 0.947. The maximum absolute atomic E-state index is 10.8. The van der Waals surface area contributed by atoms with E-state index in [0.717, 1.165) is 4.68 Å². The Hall–Kier alpha value is -0.350. The fraction of sp³-hybridized carbons (Fsp3) is 0.200. The number of aromatic nitrogens is 2. The van der Waals surface area contributed by atoms with Gasteiger partial charge >= 0.3 is 0 Å². The van der Waals surface area contributed by atoms with Crippen molar-refractivity contribution in [2.75, 3.05) is 0 Å². The van der Waals surface area contributed by atoms with E-state index in [1.807, 2.05) is 0 Å². The van der Waals surface area contributed by atoms with Crippen LogP contribution >= 0.6 is 27.5 Å². The fourth-order valence-corrected chi connectivity index (χ4v) is 1.00. The normalized spacial score (nSPS) is 9.80. The molecule has 0 atom stereocenters. The van der Waals surface area contributed by atoms with E-state index in [9.17, 15) is 4.79 Å². The first-order valence-electron chi connectivity index (χ1n) is 2.53. The highest BCUT2D eigenvalue weighted by Gasteiger charge is 1.93. The van der Waals surface area contributed by atoms with E-state index >= 15 is 0 Å². The Balaban J connectivity index is 3.22. The highest BCUT2D eigenvalue weighted by molar-refractivity contribution is 9.10. The summed E-state index contributed by atoms with van der Waals surface area (Å²) in [7, 11) is 0. The monoisotopic (exact) mass is 222 g/mol. The lowest BCUT2D eigenvalue weighted by atomic mass is 10.6. The van der Waals surface area contributed by atoms with Crippen molar-refractivity contribution in [1.82, 2.24) is 9.78 Å². The quantitative estimate of drug-likeness (QED) is 0.671. The Morgan fingerprint density at radius 3 is 2.90 bits per heavy atom. The van der Waals surface area contributed by atoms with Crippen molar-refractivity contribution >= 4 is 27.5 Å². The van der Waals surface area contributed by atoms with Crippen molar-refractivity contribution in [3.63, 3.8) is 0 Å². The Kier molecular flexibility index (Phi) is 2.45. The molecule has 3 nitrogen and oxygen atoms in total. The van der Waals surface area contributed by atoms with Crippen molar-refractivity contribution in [3.8, 4) is 0 Å². The second kappa shape index (κ2) is 3.16. The zero-order chi connectivity index (χ0) is 7.56. The molecule has 1 heterocycles. The predicted octanol–water partition coefficient (Wildman–Crippen LogP) is 1.20. The van der Waals surface area contributed by atoms with Gasteiger partial charge in [0.1, 0.15) is 10.6 Å². The first kappa shape index (κ1) is 7.75. The molecule has 0 N–H and O–H groups in total. The van der Waals surface area contributed by atoms with Crippen molar-refractivity contribution in [2.24, 2.45) is 0 Å². The summed E-state index contributed by atoms with van der Waals surface area (Å²) in [5.41, 5.74) is -0.196. The zero-order valence-corrected chi connectivity index (χ0v) is 7.26.